The molecule has 3 N–H and O–H groups in total. The lowest BCUT2D eigenvalue weighted by atomic mass is 10.2. The Hall–Kier alpha value is -1.62. The van der Waals surface area contributed by atoms with Crippen LogP contribution >= 0.6 is 0 Å². The van der Waals surface area contributed by atoms with E-state index in [2.05, 4.69) is 5.32 Å². The normalized spacial score (nSPS) is 12.1. The molecule has 0 bridgehead atoms. The Morgan fingerprint density at radius 1 is 1.44 bits per heavy atom. The van der Waals surface area contributed by atoms with E-state index in [9.17, 15) is 9.18 Å². The molecule has 0 heterocycles. The Morgan fingerprint density at radius 3 is 2.67 bits per heavy atom. The number of rotatable bonds is 8. The number of hydrogen-bond donors (Lipinski definition) is 2. The fraction of sp³-hybridized carbons (Fsp3) is 0.462. The average molecular weight is 254 g/mol. The predicted octanol–water partition coefficient (Wildman–Crippen LogP) is 1.45. The van der Waals surface area contributed by atoms with Crippen molar-refractivity contribution in [1.82, 2.24) is 5.32 Å². The third kappa shape index (κ3) is 5.14. The van der Waals surface area contributed by atoms with E-state index in [1.54, 1.807) is 12.1 Å². The maximum atomic E-state index is 12.7. The highest BCUT2D eigenvalue weighted by Gasteiger charge is 2.13. The first kappa shape index (κ1) is 14.4. The van der Waals surface area contributed by atoms with Crippen LogP contribution in [-0.4, -0.2) is 25.1 Å². The van der Waals surface area contributed by atoms with Crippen molar-refractivity contribution in [2.24, 2.45) is 5.73 Å². The SMILES string of the molecule is CCCNC(CCOc1ccc(F)cc1)C(N)=O. The van der Waals surface area contributed by atoms with Crippen LogP contribution in [0.4, 0.5) is 4.39 Å². The highest BCUT2D eigenvalue weighted by atomic mass is 19.1. The minimum atomic E-state index is -0.384. The van der Waals surface area contributed by atoms with Crippen LogP contribution in [0.1, 0.15) is 19.8 Å². The molecule has 0 fully saturated rings. The second-order valence-electron chi connectivity index (χ2n) is 4.00. The number of halogens is 1. The fourth-order valence-electron chi connectivity index (χ4n) is 1.49. The molecular formula is C13H19FN2O2. The molecule has 18 heavy (non-hydrogen) atoms. The summed E-state index contributed by atoms with van der Waals surface area (Å²) in [5.74, 6) is -0.108. The van der Waals surface area contributed by atoms with E-state index < -0.39 is 0 Å². The summed E-state index contributed by atoms with van der Waals surface area (Å²) in [6.45, 7) is 3.11. The van der Waals surface area contributed by atoms with Gasteiger partial charge in [-0.1, -0.05) is 6.92 Å². The van der Waals surface area contributed by atoms with Crippen molar-refractivity contribution < 1.29 is 13.9 Å². The Bertz CT molecular complexity index is 368. The lowest BCUT2D eigenvalue weighted by molar-refractivity contribution is -0.120. The van der Waals surface area contributed by atoms with E-state index in [0.29, 0.717) is 18.8 Å². The molecule has 0 aliphatic carbocycles. The molecule has 4 nitrogen and oxygen atoms in total. The molecule has 1 aromatic rings. The van der Waals surface area contributed by atoms with Gasteiger partial charge < -0.3 is 15.8 Å². The second kappa shape index (κ2) is 7.66. The molecule has 100 valence electrons. The summed E-state index contributed by atoms with van der Waals surface area (Å²) in [5, 5.41) is 3.05. The molecule has 0 saturated heterocycles. The number of amides is 1. The Morgan fingerprint density at radius 2 is 2.11 bits per heavy atom. The number of hydrogen-bond acceptors (Lipinski definition) is 3. The molecule has 0 spiro atoms. The van der Waals surface area contributed by atoms with E-state index in [4.69, 9.17) is 10.5 Å². The van der Waals surface area contributed by atoms with Crippen molar-refractivity contribution in [3.05, 3.63) is 30.1 Å². The number of primary amides is 1. The number of nitrogens with one attached hydrogen (secondary N) is 1. The zero-order valence-corrected chi connectivity index (χ0v) is 10.5. The van der Waals surface area contributed by atoms with Crippen molar-refractivity contribution in [3.63, 3.8) is 0 Å². The van der Waals surface area contributed by atoms with Gasteiger partial charge in [-0.25, -0.2) is 4.39 Å². The van der Waals surface area contributed by atoms with Crippen LogP contribution in [0.2, 0.25) is 0 Å². The second-order valence-corrected chi connectivity index (χ2v) is 4.00. The van der Waals surface area contributed by atoms with Gasteiger partial charge in [-0.3, -0.25) is 4.79 Å². The first-order valence-electron chi connectivity index (χ1n) is 6.04. The molecule has 5 heteroatoms. The van der Waals surface area contributed by atoms with Crippen LogP contribution < -0.4 is 15.8 Å². The quantitative estimate of drug-likeness (QED) is 0.738. The summed E-state index contributed by atoms with van der Waals surface area (Å²) in [7, 11) is 0. The third-order valence-electron chi connectivity index (χ3n) is 2.47. The van der Waals surface area contributed by atoms with Crippen molar-refractivity contribution in [2.45, 2.75) is 25.8 Å². The predicted molar refractivity (Wildman–Crippen MR) is 67.8 cm³/mol. The largest absolute Gasteiger partial charge is 0.494 e. The molecule has 1 amide bonds. The highest BCUT2D eigenvalue weighted by molar-refractivity contribution is 5.79. The van der Waals surface area contributed by atoms with E-state index in [-0.39, 0.29) is 17.8 Å². The van der Waals surface area contributed by atoms with E-state index in [1.807, 2.05) is 6.92 Å². The van der Waals surface area contributed by atoms with Crippen molar-refractivity contribution in [3.8, 4) is 5.75 Å². The van der Waals surface area contributed by atoms with Gasteiger partial charge in [-0.2, -0.15) is 0 Å². The van der Waals surface area contributed by atoms with Crippen LogP contribution in [0.15, 0.2) is 24.3 Å². The molecule has 1 atom stereocenters. The fourth-order valence-corrected chi connectivity index (χ4v) is 1.49. The monoisotopic (exact) mass is 254 g/mol. The van der Waals surface area contributed by atoms with Crippen LogP contribution in [-0.2, 0) is 4.79 Å². The maximum absolute atomic E-state index is 12.7. The lowest BCUT2D eigenvalue weighted by Crippen LogP contribution is -2.42. The maximum Gasteiger partial charge on any atom is 0.234 e. The number of carbonyl (C=O) groups excluding carboxylic acids is 1. The van der Waals surface area contributed by atoms with Crippen LogP contribution in [0.3, 0.4) is 0 Å². The van der Waals surface area contributed by atoms with Crippen molar-refractivity contribution >= 4 is 5.91 Å². The molecule has 1 unspecified atom stereocenters. The first-order valence-corrected chi connectivity index (χ1v) is 6.04. The van der Waals surface area contributed by atoms with E-state index in [1.165, 1.54) is 12.1 Å². The number of ether oxygens (including phenoxy) is 1. The standard InChI is InChI=1S/C13H19FN2O2/c1-2-8-16-12(13(15)17)7-9-18-11-5-3-10(14)4-6-11/h3-6,12,16H,2,7-9H2,1H3,(H2,15,17). The smallest absolute Gasteiger partial charge is 0.234 e. The molecule has 1 aromatic carbocycles. The highest BCUT2D eigenvalue weighted by Crippen LogP contribution is 2.11. The van der Waals surface area contributed by atoms with E-state index >= 15 is 0 Å². The van der Waals surface area contributed by atoms with Crippen LogP contribution in [0.25, 0.3) is 0 Å². The molecule has 1 rings (SSSR count). The molecular weight excluding hydrogens is 235 g/mol. The number of carbonyl (C=O) groups is 1. The van der Waals surface area contributed by atoms with Gasteiger partial charge in [0, 0.05) is 6.42 Å². The van der Waals surface area contributed by atoms with Gasteiger partial charge in [0.15, 0.2) is 0 Å². The Labute approximate surface area is 106 Å². The van der Waals surface area contributed by atoms with Gasteiger partial charge in [-0.05, 0) is 37.2 Å². The average Bonchev–Trinajstić information content (AvgIpc) is 2.35. The van der Waals surface area contributed by atoms with Gasteiger partial charge in [0.05, 0.1) is 12.6 Å². The van der Waals surface area contributed by atoms with Gasteiger partial charge >= 0.3 is 0 Å². The summed E-state index contributed by atoms with van der Waals surface area (Å²) < 4.78 is 18.1. The minimum absolute atomic E-state index is 0.304. The molecule has 0 radical (unpaired) electrons. The summed E-state index contributed by atoms with van der Waals surface area (Å²) in [4.78, 5) is 11.1. The molecule has 0 saturated carbocycles. The van der Waals surface area contributed by atoms with Gasteiger partial charge in [0.1, 0.15) is 11.6 Å². The molecule has 0 aliphatic rings. The zero-order valence-electron chi connectivity index (χ0n) is 10.5. The Kier molecular flexibility index (Phi) is 6.14. The minimum Gasteiger partial charge on any atom is -0.494 e. The summed E-state index contributed by atoms with van der Waals surface area (Å²) >= 11 is 0. The van der Waals surface area contributed by atoms with Crippen molar-refractivity contribution in [1.29, 1.82) is 0 Å². The van der Waals surface area contributed by atoms with Crippen molar-refractivity contribution in [2.75, 3.05) is 13.2 Å². The topological polar surface area (TPSA) is 64.3 Å². The molecule has 0 aliphatic heterocycles. The van der Waals surface area contributed by atoms with E-state index in [0.717, 1.165) is 13.0 Å². The third-order valence-corrected chi connectivity index (χ3v) is 2.47. The van der Waals surface area contributed by atoms with Crippen LogP contribution in [0.5, 0.6) is 5.75 Å². The number of nitrogens with two attached hydrogens (primary N) is 1. The number of benzene rings is 1. The summed E-state index contributed by atoms with van der Waals surface area (Å²) in [6, 6.07) is 5.37. The van der Waals surface area contributed by atoms with Gasteiger partial charge in [0.2, 0.25) is 5.91 Å². The van der Waals surface area contributed by atoms with Crippen LogP contribution in [0, 0.1) is 5.82 Å². The zero-order chi connectivity index (χ0) is 13.4. The first-order chi connectivity index (χ1) is 8.63. The molecule has 0 aromatic heterocycles. The van der Waals surface area contributed by atoms with Gasteiger partial charge in [-0.15, -0.1) is 0 Å². The lowest BCUT2D eigenvalue weighted by Gasteiger charge is -2.15. The summed E-state index contributed by atoms with van der Waals surface area (Å²) in [5.41, 5.74) is 5.27. The van der Waals surface area contributed by atoms with Gasteiger partial charge in [0.25, 0.3) is 0 Å². The summed E-state index contributed by atoms with van der Waals surface area (Å²) in [6.07, 6.45) is 1.43. The Balaban J connectivity index is 2.34.